The number of nitrogens with zero attached hydrogens (tertiary/aromatic N) is 2. The lowest BCUT2D eigenvalue weighted by atomic mass is 9.95. The first-order chi connectivity index (χ1) is 15.5. The van der Waals surface area contributed by atoms with Crippen LogP contribution in [0.2, 0.25) is 5.02 Å². The Kier molecular flexibility index (Phi) is 6.28. The number of ketones is 1. The summed E-state index contributed by atoms with van der Waals surface area (Å²) >= 11 is 6.19. The van der Waals surface area contributed by atoms with Crippen LogP contribution in [0.3, 0.4) is 0 Å². The van der Waals surface area contributed by atoms with Crippen molar-refractivity contribution in [1.29, 1.82) is 0 Å². The number of hydrogen-bond donors (Lipinski definition) is 1. The summed E-state index contributed by atoms with van der Waals surface area (Å²) in [6.45, 7) is 0.970. The molecule has 0 saturated carbocycles. The molecule has 1 unspecified atom stereocenters. The van der Waals surface area contributed by atoms with E-state index >= 15 is 0 Å². The van der Waals surface area contributed by atoms with E-state index < -0.39 is 23.5 Å². The fourth-order valence-corrected chi connectivity index (χ4v) is 4.13. The number of aromatic nitrogens is 2. The van der Waals surface area contributed by atoms with E-state index in [2.05, 4.69) is 4.98 Å². The zero-order valence-electron chi connectivity index (χ0n) is 17.5. The van der Waals surface area contributed by atoms with Crippen molar-refractivity contribution in [2.45, 2.75) is 19.0 Å². The highest BCUT2D eigenvalue weighted by Crippen LogP contribution is 2.39. The van der Waals surface area contributed by atoms with Gasteiger partial charge in [-0.05, 0) is 35.4 Å². The van der Waals surface area contributed by atoms with Crippen molar-refractivity contribution in [2.75, 3.05) is 13.7 Å². The molecule has 1 aromatic heterocycles. The van der Waals surface area contributed by atoms with Crippen LogP contribution in [0.25, 0.3) is 5.76 Å². The molecular weight excluding hydrogens is 430 g/mol. The Hall–Kier alpha value is -3.58. The first-order valence-corrected chi connectivity index (χ1v) is 10.6. The van der Waals surface area contributed by atoms with E-state index in [-0.39, 0.29) is 11.1 Å². The highest BCUT2D eigenvalue weighted by Gasteiger charge is 2.44. The van der Waals surface area contributed by atoms with Crippen LogP contribution in [-0.2, 0) is 16.1 Å². The number of carbonyl (C=O) groups is 2. The van der Waals surface area contributed by atoms with E-state index in [0.717, 1.165) is 0 Å². The number of nitrogens with one attached hydrogen (secondary N) is 1. The average Bonchev–Trinajstić information content (AvgIpc) is 3.41. The molecule has 0 spiro atoms. The standard InChI is InChI=1S/C24H22ClN3O4/c1-32-19-8-3-6-17(14-19)22(29)20-21(16-5-2-7-18(25)13-16)28(24(31)23(20)30)11-4-10-27-12-9-26-15-27/h2-3,5-9,12-15,21H,4,10-11H2,1H3,(H,29,30). The number of halogens is 1. The van der Waals surface area contributed by atoms with Crippen molar-refractivity contribution in [3.63, 3.8) is 0 Å². The topological polar surface area (TPSA) is 89.3 Å². The zero-order valence-corrected chi connectivity index (χ0v) is 18.2. The number of hydrogen-bond acceptors (Lipinski definition) is 4. The fraction of sp³-hybridized carbons (Fsp3) is 0.208. The Morgan fingerprint density at radius 3 is 2.75 bits per heavy atom. The van der Waals surface area contributed by atoms with Crippen LogP contribution < -0.4 is 14.4 Å². The van der Waals surface area contributed by atoms with Gasteiger partial charge in [-0.3, -0.25) is 14.6 Å². The summed E-state index contributed by atoms with van der Waals surface area (Å²) in [5.74, 6) is -1.46. The Morgan fingerprint density at radius 2 is 2.03 bits per heavy atom. The summed E-state index contributed by atoms with van der Waals surface area (Å²) in [5.41, 5.74) is 0.842. The Balaban J connectivity index is 1.75. The molecule has 4 rings (SSSR count). The number of methoxy groups -OCH3 is 1. The van der Waals surface area contributed by atoms with Gasteiger partial charge in [0, 0.05) is 23.6 Å². The minimum absolute atomic E-state index is 0.0696. The van der Waals surface area contributed by atoms with Crippen LogP contribution >= 0.6 is 11.6 Å². The summed E-state index contributed by atoms with van der Waals surface area (Å²) < 4.78 is 7.15. The third kappa shape index (κ3) is 4.24. The first kappa shape index (κ1) is 21.6. The SMILES string of the molecule is COc1cccc(C([O-])=C2C(=O)C(=O)N(CCC[n+]3cc[nH]c3)C2c2cccc(Cl)c2)c1. The molecule has 1 fully saturated rings. The predicted octanol–water partition coefficient (Wildman–Crippen LogP) is 2.28. The number of benzene rings is 2. The normalized spacial score (nSPS) is 17.7. The maximum atomic E-state index is 13.4. The van der Waals surface area contributed by atoms with E-state index in [1.54, 1.807) is 54.7 Å². The van der Waals surface area contributed by atoms with Crippen molar-refractivity contribution < 1.29 is 24.0 Å². The molecule has 8 heteroatoms. The molecule has 1 aliphatic rings. The monoisotopic (exact) mass is 451 g/mol. The van der Waals surface area contributed by atoms with E-state index in [4.69, 9.17) is 16.3 Å². The molecule has 32 heavy (non-hydrogen) atoms. The van der Waals surface area contributed by atoms with Crippen molar-refractivity contribution >= 4 is 29.1 Å². The Bertz CT molecular complexity index is 1170. The van der Waals surface area contributed by atoms with Gasteiger partial charge in [-0.2, -0.15) is 0 Å². The van der Waals surface area contributed by atoms with Gasteiger partial charge in [-0.15, -0.1) is 0 Å². The van der Waals surface area contributed by atoms with Crippen LogP contribution in [0.5, 0.6) is 5.75 Å². The van der Waals surface area contributed by atoms with Crippen LogP contribution in [0.4, 0.5) is 0 Å². The smallest absolute Gasteiger partial charge is 0.295 e. The van der Waals surface area contributed by atoms with Crippen molar-refractivity contribution in [3.05, 3.63) is 89.0 Å². The summed E-state index contributed by atoms with van der Waals surface area (Å²) in [6.07, 6.45) is 6.11. The van der Waals surface area contributed by atoms with Crippen LogP contribution in [-0.4, -0.2) is 35.2 Å². The number of Topliss-reactive ketones (excluding diaryl/α,β-unsaturated/α-hetero) is 1. The van der Waals surface area contributed by atoms with Gasteiger partial charge in [0.05, 0.1) is 19.7 Å². The molecule has 2 heterocycles. The van der Waals surface area contributed by atoms with Gasteiger partial charge >= 0.3 is 0 Å². The molecule has 1 atom stereocenters. The largest absolute Gasteiger partial charge is 0.872 e. The lowest BCUT2D eigenvalue weighted by Crippen LogP contribution is -2.36. The van der Waals surface area contributed by atoms with Crippen molar-refractivity contribution in [3.8, 4) is 5.75 Å². The highest BCUT2D eigenvalue weighted by atomic mass is 35.5. The van der Waals surface area contributed by atoms with Gasteiger partial charge in [0.2, 0.25) is 12.1 Å². The van der Waals surface area contributed by atoms with E-state index in [9.17, 15) is 14.7 Å². The quantitative estimate of drug-likeness (QED) is 0.258. The van der Waals surface area contributed by atoms with Gasteiger partial charge in [0.15, 0.2) is 0 Å². The zero-order chi connectivity index (χ0) is 22.7. The van der Waals surface area contributed by atoms with Gasteiger partial charge in [0.1, 0.15) is 18.1 Å². The van der Waals surface area contributed by atoms with Gasteiger partial charge < -0.3 is 14.7 Å². The van der Waals surface area contributed by atoms with Crippen molar-refractivity contribution in [2.24, 2.45) is 0 Å². The van der Waals surface area contributed by atoms with Gasteiger partial charge in [-0.25, -0.2) is 4.57 Å². The van der Waals surface area contributed by atoms with Crippen LogP contribution in [0.1, 0.15) is 23.6 Å². The van der Waals surface area contributed by atoms with Crippen molar-refractivity contribution in [1.82, 2.24) is 9.88 Å². The second kappa shape index (κ2) is 9.28. The van der Waals surface area contributed by atoms with Crippen LogP contribution in [0.15, 0.2) is 72.8 Å². The van der Waals surface area contributed by atoms with E-state index in [1.165, 1.54) is 12.0 Å². The Labute approximate surface area is 190 Å². The highest BCUT2D eigenvalue weighted by molar-refractivity contribution is 6.46. The number of carbonyl (C=O) groups excluding carboxylic acids is 2. The summed E-state index contributed by atoms with van der Waals surface area (Å²) in [4.78, 5) is 30.4. The molecule has 1 amide bonds. The summed E-state index contributed by atoms with van der Waals surface area (Å²) in [5, 5.41) is 13.9. The summed E-state index contributed by atoms with van der Waals surface area (Å²) in [7, 11) is 1.50. The van der Waals surface area contributed by atoms with Gasteiger partial charge in [0.25, 0.3) is 5.91 Å². The molecule has 1 aliphatic heterocycles. The first-order valence-electron chi connectivity index (χ1n) is 10.2. The number of ether oxygens (including phenoxy) is 1. The molecule has 164 valence electrons. The maximum absolute atomic E-state index is 13.4. The molecular formula is C24H22ClN3O4. The number of aromatic amines is 1. The third-order valence-corrected chi connectivity index (χ3v) is 5.68. The number of H-pyrrole nitrogens is 1. The van der Waals surface area contributed by atoms with E-state index in [1.807, 2.05) is 17.1 Å². The second-order valence-corrected chi connectivity index (χ2v) is 7.90. The second-order valence-electron chi connectivity index (χ2n) is 7.46. The third-order valence-electron chi connectivity index (χ3n) is 5.44. The molecule has 1 saturated heterocycles. The average molecular weight is 452 g/mol. The molecule has 0 bridgehead atoms. The lowest BCUT2D eigenvalue weighted by Gasteiger charge is -2.27. The molecule has 2 aromatic carbocycles. The predicted molar refractivity (Wildman–Crippen MR) is 116 cm³/mol. The molecule has 1 N–H and O–H groups in total. The fourth-order valence-electron chi connectivity index (χ4n) is 3.93. The number of imidazole rings is 1. The minimum atomic E-state index is -0.802. The lowest BCUT2D eigenvalue weighted by molar-refractivity contribution is -0.695. The molecule has 0 radical (unpaired) electrons. The summed E-state index contributed by atoms with van der Waals surface area (Å²) in [6, 6.07) is 12.7. The molecule has 7 nitrogen and oxygen atoms in total. The maximum Gasteiger partial charge on any atom is 0.295 e. The number of rotatable bonds is 7. The molecule has 0 aliphatic carbocycles. The number of amides is 1. The number of likely N-dealkylation sites (tertiary alicyclic amines) is 1. The van der Waals surface area contributed by atoms with Crippen LogP contribution in [0, 0.1) is 0 Å². The number of aryl methyl sites for hydroxylation is 1. The van der Waals surface area contributed by atoms with E-state index in [0.29, 0.717) is 35.8 Å². The minimum Gasteiger partial charge on any atom is -0.872 e. The molecule has 3 aromatic rings. The van der Waals surface area contributed by atoms with Gasteiger partial charge in [-0.1, -0.05) is 41.6 Å². The Morgan fingerprint density at radius 1 is 1.22 bits per heavy atom.